The van der Waals surface area contributed by atoms with E-state index in [1.165, 1.54) is 19.3 Å². The lowest BCUT2D eigenvalue weighted by atomic mass is 10.1. The normalized spacial score (nSPS) is 20.7. The second-order valence-corrected chi connectivity index (χ2v) is 7.84. The maximum Gasteiger partial charge on any atom is 0.178 e. The van der Waals surface area contributed by atoms with Crippen molar-refractivity contribution >= 4 is 27.1 Å². The van der Waals surface area contributed by atoms with Crippen molar-refractivity contribution in [3.8, 4) is 0 Å². The van der Waals surface area contributed by atoms with Crippen LogP contribution in [0.1, 0.15) is 32.6 Å². The molecule has 1 aromatic rings. The van der Waals surface area contributed by atoms with E-state index in [1.807, 2.05) is 12.1 Å². The molecule has 3 nitrogen and oxygen atoms in total. The average Bonchev–Trinajstić information content (AvgIpc) is 2.72. The van der Waals surface area contributed by atoms with Crippen molar-refractivity contribution in [3.63, 3.8) is 0 Å². The summed E-state index contributed by atoms with van der Waals surface area (Å²) in [6.45, 7) is 2.67. The van der Waals surface area contributed by atoms with E-state index in [0.29, 0.717) is 16.8 Å². The molecule has 1 aromatic carbocycles. The largest absolute Gasteiger partial charge is 0.367 e. The third kappa shape index (κ3) is 3.47. The third-order valence-corrected chi connectivity index (χ3v) is 6.07. The minimum absolute atomic E-state index is 0.139. The fourth-order valence-electron chi connectivity index (χ4n) is 2.69. The van der Waals surface area contributed by atoms with Crippen LogP contribution in [0.15, 0.2) is 29.2 Å². The Balaban J connectivity index is 2.24. The Labute approximate surface area is 126 Å². The highest BCUT2D eigenvalue weighted by Crippen LogP contribution is 2.26. The molecule has 1 aliphatic rings. The average molecular weight is 316 g/mol. The van der Waals surface area contributed by atoms with Gasteiger partial charge in [-0.05, 0) is 37.1 Å². The van der Waals surface area contributed by atoms with Crippen LogP contribution >= 0.6 is 11.6 Å². The summed E-state index contributed by atoms with van der Waals surface area (Å²) in [5, 5.41) is 0. The van der Waals surface area contributed by atoms with Crippen molar-refractivity contribution in [3.05, 3.63) is 24.3 Å². The summed E-state index contributed by atoms with van der Waals surface area (Å²) < 4.78 is 23.7. The van der Waals surface area contributed by atoms with Gasteiger partial charge in [0.2, 0.25) is 0 Å². The first-order chi connectivity index (χ1) is 9.58. The van der Waals surface area contributed by atoms with E-state index >= 15 is 0 Å². The van der Waals surface area contributed by atoms with Crippen LogP contribution < -0.4 is 4.90 Å². The molecule has 1 unspecified atom stereocenters. The van der Waals surface area contributed by atoms with Crippen LogP contribution in [0.25, 0.3) is 0 Å². The number of hydrogen-bond acceptors (Lipinski definition) is 3. The topological polar surface area (TPSA) is 37.4 Å². The predicted octanol–water partition coefficient (Wildman–Crippen LogP) is 3.47. The highest BCUT2D eigenvalue weighted by atomic mass is 35.5. The smallest absolute Gasteiger partial charge is 0.178 e. The van der Waals surface area contributed by atoms with Gasteiger partial charge in [-0.25, -0.2) is 8.42 Å². The Kier molecular flexibility index (Phi) is 5.33. The highest BCUT2D eigenvalue weighted by Gasteiger charge is 2.21. The number of rotatable bonds is 4. The van der Waals surface area contributed by atoms with Crippen molar-refractivity contribution in [2.45, 2.75) is 43.5 Å². The van der Waals surface area contributed by atoms with Crippen LogP contribution in [0.2, 0.25) is 0 Å². The van der Waals surface area contributed by atoms with Crippen molar-refractivity contribution in [2.24, 2.45) is 0 Å². The molecule has 0 aliphatic carbocycles. The van der Waals surface area contributed by atoms with Gasteiger partial charge in [0.1, 0.15) is 0 Å². The van der Waals surface area contributed by atoms with Gasteiger partial charge in [0.25, 0.3) is 0 Å². The van der Waals surface area contributed by atoms with E-state index in [0.717, 1.165) is 18.7 Å². The van der Waals surface area contributed by atoms with E-state index in [2.05, 4.69) is 4.90 Å². The van der Waals surface area contributed by atoms with Gasteiger partial charge in [-0.15, -0.1) is 11.6 Å². The Morgan fingerprint density at radius 3 is 2.50 bits per heavy atom. The third-order valence-electron chi connectivity index (χ3n) is 3.96. The van der Waals surface area contributed by atoms with Crippen molar-refractivity contribution in [1.29, 1.82) is 0 Å². The summed E-state index contributed by atoms with van der Waals surface area (Å²) >= 11 is 6.09. The van der Waals surface area contributed by atoms with Crippen LogP contribution in [0.3, 0.4) is 0 Å². The Morgan fingerprint density at radius 1 is 1.20 bits per heavy atom. The van der Waals surface area contributed by atoms with Crippen LogP contribution in [0.5, 0.6) is 0 Å². The molecule has 0 spiro atoms. The lowest BCUT2D eigenvalue weighted by Crippen LogP contribution is -2.36. The fraction of sp³-hybridized carbons (Fsp3) is 0.600. The van der Waals surface area contributed by atoms with Crippen molar-refractivity contribution in [2.75, 3.05) is 23.1 Å². The van der Waals surface area contributed by atoms with Crippen LogP contribution in [0, 0.1) is 0 Å². The molecule has 0 radical (unpaired) electrons. The highest BCUT2D eigenvalue weighted by molar-refractivity contribution is 7.91. The minimum atomic E-state index is -3.12. The number of anilines is 1. The molecule has 2 rings (SSSR count). The number of nitrogens with zero attached hydrogens (tertiary/aromatic N) is 1. The number of alkyl halides is 1. The molecule has 0 N–H and O–H groups in total. The zero-order valence-corrected chi connectivity index (χ0v) is 13.5. The Bertz CT molecular complexity index is 527. The summed E-state index contributed by atoms with van der Waals surface area (Å²) in [5.74, 6) is 0.759. The van der Waals surface area contributed by atoms with Gasteiger partial charge in [-0.2, -0.15) is 0 Å². The van der Waals surface area contributed by atoms with Gasteiger partial charge in [0.15, 0.2) is 9.84 Å². The van der Waals surface area contributed by atoms with Gasteiger partial charge in [0, 0.05) is 24.2 Å². The molecule has 0 amide bonds. The van der Waals surface area contributed by atoms with Crippen LogP contribution in [0.4, 0.5) is 5.69 Å². The molecule has 0 aromatic heterocycles. The fourth-order valence-corrected chi connectivity index (χ4v) is 3.89. The predicted molar refractivity (Wildman–Crippen MR) is 84.5 cm³/mol. The first-order valence-corrected chi connectivity index (χ1v) is 9.42. The standard InChI is InChI=1S/C15H22ClNO2S/c1-2-20(18,19)15-9-7-13(8-10-15)17-11-5-3-4-6-14(17)12-16/h7-10,14H,2-6,11-12H2,1H3. The van der Waals surface area contributed by atoms with E-state index in [9.17, 15) is 8.42 Å². The first kappa shape index (κ1) is 15.6. The molecule has 1 atom stereocenters. The molecule has 5 heteroatoms. The van der Waals surface area contributed by atoms with E-state index in [-0.39, 0.29) is 5.75 Å². The maximum atomic E-state index is 11.8. The van der Waals surface area contributed by atoms with Gasteiger partial charge in [0.05, 0.1) is 10.6 Å². The number of halogens is 1. The molecule has 1 saturated heterocycles. The molecule has 1 aliphatic heterocycles. The van der Waals surface area contributed by atoms with Crippen LogP contribution in [-0.2, 0) is 9.84 Å². The summed E-state index contributed by atoms with van der Waals surface area (Å²) in [5.41, 5.74) is 1.08. The van der Waals surface area contributed by atoms with Crippen LogP contribution in [-0.4, -0.2) is 32.6 Å². The molecule has 1 fully saturated rings. The summed E-state index contributed by atoms with van der Waals surface area (Å²) in [4.78, 5) is 2.73. The maximum absolute atomic E-state index is 11.8. The first-order valence-electron chi connectivity index (χ1n) is 7.24. The zero-order valence-electron chi connectivity index (χ0n) is 11.9. The van der Waals surface area contributed by atoms with E-state index in [1.54, 1.807) is 19.1 Å². The van der Waals surface area contributed by atoms with Gasteiger partial charge in [-0.3, -0.25) is 0 Å². The van der Waals surface area contributed by atoms with Gasteiger partial charge in [-0.1, -0.05) is 19.8 Å². The molecular weight excluding hydrogens is 294 g/mol. The zero-order chi connectivity index (χ0) is 14.6. The van der Waals surface area contributed by atoms with E-state index in [4.69, 9.17) is 11.6 Å². The second kappa shape index (κ2) is 6.81. The monoisotopic (exact) mass is 315 g/mol. The molecule has 0 bridgehead atoms. The van der Waals surface area contributed by atoms with Crippen molar-refractivity contribution < 1.29 is 8.42 Å². The number of hydrogen-bond donors (Lipinski definition) is 0. The summed E-state index contributed by atoms with van der Waals surface area (Å²) in [6, 6.07) is 7.60. The minimum Gasteiger partial charge on any atom is -0.367 e. The lowest BCUT2D eigenvalue weighted by Gasteiger charge is -2.30. The molecule has 1 heterocycles. The SMILES string of the molecule is CCS(=O)(=O)c1ccc(N2CCCCCC2CCl)cc1. The summed E-state index contributed by atoms with van der Waals surface area (Å²) in [7, 11) is -3.12. The molecule has 0 saturated carbocycles. The Morgan fingerprint density at radius 2 is 1.90 bits per heavy atom. The van der Waals surface area contributed by atoms with Gasteiger partial charge < -0.3 is 4.90 Å². The Hall–Kier alpha value is -0.740. The van der Waals surface area contributed by atoms with Crippen molar-refractivity contribution in [1.82, 2.24) is 0 Å². The lowest BCUT2D eigenvalue weighted by molar-refractivity contribution is 0.597. The summed E-state index contributed by atoms with van der Waals surface area (Å²) in [6.07, 6.45) is 4.74. The van der Waals surface area contributed by atoms with Gasteiger partial charge >= 0.3 is 0 Å². The second-order valence-electron chi connectivity index (χ2n) is 5.25. The number of sulfone groups is 1. The molecule has 20 heavy (non-hydrogen) atoms. The number of benzene rings is 1. The van der Waals surface area contributed by atoms with E-state index < -0.39 is 9.84 Å². The quantitative estimate of drug-likeness (QED) is 0.798. The molecule has 112 valence electrons. The molecular formula is C15H22ClNO2S.